The molecule has 120 valence electrons. The zero-order valence-electron chi connectivity index (χ0n) is 12.7. The van der Waals surface area contributed by atoms with Gasteiger partial charge in [-0.2, -0.15) is 0 Å². The Balaban J connectivity index is 1.97. The van der Waals surface area contributed by atoms with Gasteiger partial charge in [-0.3, -0.25) is 4.79 Å². The third kappa shape index (κ3) is 3.47. The van der Waals surface area contributed by atoms with E-state index < -0.39 is 11.4 Å². The molecule has 0 spiro atoms. The van der Waals surface area contributed by atoms with Gasteiger partial charge >= 0.3 is 12.0 Å². The van der Waals surface area contributed by atoms with Crippen LogP contribution in [-0.4, -0.2) is 67.1 Å². The maximum atomic E-state index is 12.4. The summed E-state index contributed by atoms with van der Waals surface area (Å²) in [6.07, 6.45) is 0.851. The van der Waals surface area contributed by atoms with Gasteiger partial charge in [0, 0.05) is 26.3 Å². The standard InChI is InChI=1S/C14H24N2O5/c1-13(2)10-21-8-5-16(13)12(19)15-9-14(11(17)18)3-6-20-7-4-14/h3-10H2,1-2H3,(H,15,19)(H,17,18). The van der Waals surface area contributed by atoms with Crippen molar-refractivity contribution in [3.05, 3.63) is 0 Å². The molecule has 2 N–H and O–H groups in total. The topological polar surface area (TPSA) is 88.1 Å². The second kappa shape index (κ2) is 6.19. The summed E-state index contributed by atoms with van der Waals surface area (Å²) in [5.41, 5.74) is -1.29. The number of urea groups is 1. The van der Waals surface area contributed by atoms with Crippen LogP contribution >= 0.6 is 0 Å². The van der Waals surface area contributed by atoms with E-state index in [1.807, 2.05) is 13.8 Å². The van der Waals surface area contributed by atoms with E-state index >= 15 is 0 Å². The second-order valence-corrected chi connectivity index (χ2v) is 6.37. The van der Waals surface area contributed by atoms with Crippen LogP contribution in [0.2, 0.25) is 0 Å². The van der Waals surface area contributed by atoms with E-state index in [0.717, 1.165) is 0 Å². The summed E-state index contributed by atoms with van der Waals surface area (Å²) in [7, 11) is 0. The molecule has 0 radical (unpaired) electrons. The first-order valence-electron chi connectivity index (χ1n) is 7.32. The Hall–Kier alpha value is -1.34. The van der Waals surface area contributed by atoms with Gasteiger partial charge in [-0.1, -0.05) is 0 Å². The number of ether oxygens (including phenoxy) is 2. The van der Waals surface area contributed by atoms with Crippen LogP contribution in [0.1, 0.15) is 26.7 Å². The van der Waals surface area contributed by atoms with Gasteiger partial charge in [-0.15, -0.1) is 0 Å². The summed E-state index contributed by atoms with van der Waals surface area (Å²) in [5, 5.41) is 12.3. The monoisotopic (exact) mass is 300 g/mol. The summed E-state index contributed by atoms with van der Waals surface area (Å²) in [6, 6.07) is -0.226. The highest BCUT2D eigenvalue weighted by Crippen LogP contribution is 2.30. The molecule has 0 unspecified atom stereocenters. The molecule has 2 rings (SSSR count). The lowest BCUT2D eigenvalue weighted by Crippen LogP contribution is -2.59. The maximum absolute atomic E-state index is 12.4. The number of nitrogens with zero attached hydrogens (tertiary/aromatic N) is 1. The predicted octanol–water partition coefficient (Wildman–Crippen LogP) is 0.688. The Morgan fingerprint density at radius 3 is 2.43 bits per heavy atom. The van der Waals surface area contributed by atoms with Gasteiger partial charge in [0.1, 0.15) is 0 Å². The first-order chi connectivity index (χ1) is 9.87. The highest BCUT2D eigenvalue weighted by Gasteiger charge is 2.42. The molecule has 0 aromatic heterocycles. The molecule has 2 fully saturated rings. The smallest absolute Gasteiger partial charge is 0.318 e. The Kier molecular flexibility index (Phi) is 4.73. The fourth-order valence-electron chi connectivity index (χ4n) is 2.80. The van der Waals surface area contributed by atoms with Gasteiger partial charge in [-0.05, 0) is 26.7 Å². The van der Waals surface area contributed by atoms with Crippen LogP contribution in [0.5, 0.6) is 0 Å². The number of nitrogens with one attached hydrogen (secondary N) is 1. The van der Waals surface area contributed by atoms with Gasteiger partial charge < -0.3 is 24.8 Å². The SMILES string of the molecule is CC1(C)COCCN1C(=O)NCC1(C(=O)O)CCOCC1. The summed E-state index contributed by atoms with van der Waals surface area (Å²) in [5.74, 6) is -0.868. The molecule has 7 heteroatoms. The van der Waals surface area contributed by atoms with E-state index in [-0.39, 0.29) is 18.1 Å². The molecule has 0 atom stereocenters. The minimum absolute atomic E-state index is 0.137. The normalized spacial score (nSPS) is 24.4. The van der Waals surface area contributed by atoms with Gasteiger partial charge in [0.15, 0.2) is 0 Å². The lowest BCUT2D eigenvalue weighted by molar-refractivity contribution is -0.154. The molecule has 2 saturated heterocycles. The zero-order chi connectivity index (χ0) is 15.5. The second-order valence-electron chi connectivity index (χ2n) is 6.37. The Morgan fingerprint density at radius 2 is 1.86 bits per heavy atom. The molecule has 2 heterocycles. The van der Waals surface area contributed by atoms with Crippen molar-refractivity contribution in [3.63, 3.8) is 0 Å². The predicted molar refractivity (Wildman–Crippen MR) is 75.1 cm³/mol. The molecule has 21 heavy (non-hydrogen) atoms. The van der Waals surface area contributed by atoms with E-state index in [0.29, 0.717) is 45.8 Å². The Bertz CT molecular complexity index is 404. The summed E-state index contributed by atoms with van der Waals surface area (Å²) in [4.78, 5) is 25.6. The van der Waals surface area contributed by atoms with Crippen molar-refractivity contribution in [1.29, 1.82) is 0 Å². The van der Waals surface area contributed by atoms with Gasteiger partial charge in [-0.25, -0.2) is 4.79 Å². The van der Waals surface area contributed by atoms with Crippen LogP contribution in [0.3, 0.4) is 0 Å². The number of carbonyl (C=O) groups excluding carboxylic acids is 1. The van der Waals surface area contributed by atoms with Crippen molar-refractivity contribution in [2.45, 2.75) is 32.2 Å². The van der Waals surface area contributed by atoms with Crippen molar-refractivity contribution >= 4 is 12.0 Å². The van der Waals surface area contributed by atoms with Gasteiger partial charge in [0.25, 0.3) is 0 Å². The lowest BCUT2D eigenvalue weighted by Gasteiger charge is -2.42. The Morgan fingerprint density at radius 1 is 1.19 bits per heavy atom. The molecule has 7 nitrogen and oxygen atoms in total. The molecule has 0 saturated carbocycles. The zero-order valence-corrected chi connectivity index (χ0v) is 12.7. The molecule has 0 aliphatic carbocycles. The molecule has 0 bridgehead atoms. The number of amides is 2. The molecule has 2 aliphatic heterocycles. The largest absolute Gasteiger partial charge is 0.481 e. The van der Waals surface area contributed by atoms with Crippen molar-refractivity contribution < 1.29 is 24.2 Å². The number of aliphatic carboxylic acids is 1. The average Bonchev–Trinajstić information content (AvgIpc) is 2.45. The summed E-state index contributed by atoms with van der Waals surface area (Å²) >= 11 is 0. The fraction of sp³-hybridized carbons (Fsp3) is 0.857. The highest BCUT2D eigenvalue weighted by atomic mass is 16.5. The van der Waals surface area contributed by atoms with E-state index in [2.05, 4.69) is 5.32 Å². The first-order valence-corrected chi connectivity index (χ1v) is 7.32. The number of carboxylic acid groups (broad SMARTS) is 1. The van der Waals surface area contributed by atoms with Crippen molar-refractivity contribution in [3.8, 4) is 0 Å². The maximum Gasteiger partial charge on any atom is 0.318 e. The molecule has 2 amide bonds. The number of hydrogen-bond acceptors (Lipinski definition) is 4. The van der Waals surface area contributed by atoms with Gasteiger partial charge in [0.05, 0.1) is 24.2 Å². The van der Waals surface area contributed by atoms with Gasteiger partial charge in [0.2, 0.25) is 0 Å². The lowest BCUT2D eigenvalue weighted by atomic mass is 9.80. The molecule has 2 aliphatic rings. The summed E-state index contributed by atoms with van der Waals surface area (Å²) in [6.45, 7) is 6.36. The van der Waals surface area contributed by atoms with Crippen molar-refractivity contribution in [2.75, 3.05) is 39.5 Å². The van der Waals surface area contributed by atoms with Crippen LogP contribution in [0.4, 0.5) is 4.79 Å². The van der Waals surface area contributed by atoms with Crippen LogP contribution < -0.4 is 5.32 Å². The highest BCUT2D eigenvalue weighted by molar-refractivity contribution is 5.78. The van der Waals surface area contributed by atoms with Crippen LogP contribution in [0.25, 0.3) is 0 Å². The third-order valence-corrected chi connectivity index (χ3v) is 4.37. The van der Waals surface area contributed by atoms with E-state index in [1.165, 1.54) is 0 Å². The first kappa shape index (κ1) is 16.0. The van der Waals surface area contributed by atoms with Crippen LogP contribution in [-0.2, 0) is 14.3 Å². The molecule has 0 aromatic rings. The summed E-state index contributed by atoms with van der Waals surface area (Å²) < 4.78 is 10.6. The molecular weight excluding hydrogens is 276 g/mol. The number of rotatable bonds is 3. The van der Waals surface area contributed by atoms with Crippen molar-refractivity contribution in [1.82, 2.24) is 10.2 Å². The number of carboxylic acids is 1. The van der Waals surface area contributed by atoms with E-state index in [4.69, 9.17) is 9.47 Å². The number of hydrogen-bond donors (Lipinski definition) is 2. The van der Waals surface area contributed by atoms with Crippen molar-refractivity contribution in [2.24, 2.45) is 5.41 Å². The quantitative estimate of drug-likeness (QED) is 0.800. The fourth-order valence-corrected chi connectivity index (χ4v) is 2.80. The molecule has 0 aromatic carbocycles. The van der Waals surface area contributed by atoms with Crippen LogP contribution in [0, 0.1) is 5.41 Å². The van der Waals surface area contributed by atoms with E-state index in [9.17, 15) is 14.7 Å². The average molecular weight is 300 g/mol. The minimum atomic E-state index is -0.912. The minimum Gasteiger partial charge on any atom is -0.481 e. The third-order valence-electron chi connectivity index (χ3n) is 4.37. The number of carbonyl (C=O) groups is 2. The molecular formula is C14H24N2O5. The van der Waals surface area contributed by atoms with Crippen LogP contribution in [0.15, 0.2) is 0 Å². The van der Waals surface area contributed by atoms with E-state index in [1.54, 1.807) is 4.90 Å². The Labute approximate surface area is 124 Å². The number of morpholine rings is 1.